The van der Waals surface area contributed by atoms with Gasteiger partial charge in [-0.1, -0.05) is 30.3 Å². The number of rotatable bonds is 2. The lowest BCUT2D eigenvalue weighted by Crippen LogP contribution is -2.52. The molecule has 1 unspecified atom stereocenters. The Kier molecular flexibility index (Phi) is 3.49. The summed E-state index contributed by atoms with van der Waals surface area (Å²) in [4.78, 5) is 2.44. The van der Waals surface area contributed by atoms with Crippen molar-refractivity contribution in [1.29, 1.82) is 5.26 Å². The number of likely N-dealkylation sites (tertiary alicyclic amines) is 1. The van der Waals surface area contributed by atoms with Crippen LogP contribution in [0.3, 0.4) is 0 Å². The summed E-state index contributed by atoms with van der Waals surface area (Å²) in [5, 5.41) is 9.23. The summed E-state index contributed by atoms with van der Waals surface area (Å²) in [6.45, 7) is 6.44. The maximum absolute atomic E-state index is 9.23. The quantitative estimate of drug-likeness (QED) is 0.777. The third-order valence-electron chi connectivity index (χ3n) is 3.96. The van der Waals surface area contributed by atoms with Crippen LogP contribution in [0.5, 0.6) is 0 Å². The van der Waals surface area contributed by atoms with Crippen LogP contribution in [0.1, 0.15) is 32.3 Å². The lowest BCUT2D eigenvalue weighted by Gasteiger charge is -2.45. The largest absolute Gasteiger partial charge is 0.293 e. The van der Waals surface area contributed by atoms with Crippen LogP contribution in [-0.4, -0.2) is 17.0 Å². The number of nitrogens with zero attached hydrogens (tertiary/aromatic N) is 2. The van der Waals surface area contributed by atoms with Crippen molar-refractivity contribution in [2.75, 3.05) is 6.54 Å². The molecule has 1 saturated heterocycles. The first kappa shape index (κ1) is 12.1. The van der Waals surface area contributed by atoms with E-state index in [0.29, 0.717) is 0 Å². The van der Waals surface area contributed by atoms with Crippen molar-refractivity contribution in [3.63, 3.8) is 0 Å². The molecule has 0 radical (unpaired) electrons. The molecule has 2 rings (SSSR count). The third kappa shape index (κ3) is 2.50. The van der Waals surface area contributed by atoms with Gasteiger partial charge in [0.1, 0.15) is 0 Å². The fourth-order valence-electron chi connectivity index (χ4n) is 2.66. The van der Waals surface area contributed by atoms with Crippen molar-refractivity contribution in [1.82, 2.24) is 4.90 Å². The van der Waals surface area contributed by atoms with Crippen molar-refractivity contribution < 1.29 is 0 Å². The van der Waals surface area contributed by atoms with Crippen LogP contribution < -0.4 is 0 Å². The topological polar surface area (TPSA) is 27.0 Å². The highest BCUT2D eigenvalue weighted by Gasteiger charge is 2.38. The molecule has 17 heavy (non-hydrogen) atoms. The van der Waals surface area contributed by atoms with Crippen LogP contribution in [0.4, 0.5) is 0 Å². The lowest BCUT2D eigenvalue weighted by molar-refractivity contribution is 0.0381. The number of piperidine rings is 1. The number of nitriles is 1. The SMILES string of the molecule is CC1(C)C(C#N)CCCN1Cc1ccccc1. The Morgan fingerprint density at radius 3 is 2.71 bits per heavy atom. The molecule has 1 aromatic carbocycles. The van der Waals surface area contributed by atoms with E-state index in [-0.39, 0.29) is 11.5 Å². The Hall–Kier alpha value is -1.33. The first-order chi connectivity index (χ1) is 8.14. The van der Waals surface area contributed by atoms with Gasteiger partial charge < -0.3 is 0 Å². The zero-order valence-corrected chi connectivity index (χ0v) is 10.7. The number of hydrogen-bond donors (Lipinski definition) is 0. The molecule has 0 bridgehead atoms. The third-order valence-corrected chi connectivity index (χ3v) is 3.96. The summed E-state index contributed by atoms with van der Waals surface area (Å²) in [5.74, 6) is 0.153. The summed E-state index contributed by atoms with van der Waals surface area (Å²) >= 11 is 0. The molecule has 0 aromatic heterocycles. The molecule has 2 heteroatoms. The van der Waals surface area contributed by atoms with E-state index in [1.807, 2.05) is 6.07 Å². The van der Waals surface area contributed by atoms with Crippen LogP contribution in [0.15, 0.2) is 30.3 Å². The van der Waals surface area contributed by atoms with E-state index in [1.54, 1.807) is 0 Å². The van der Waals surface area contributed by atoms with E-state index in [4.69, 9.17) is 0 Å². The molecule has 90 valence electrons. The highest BCUT2D eigenvalue weighted by molar-refractivity contribution is 5.16. The van der Waals surface area contributed by atoms with Gasteiger partial charge in [-0.3, -0.25) is 4.90 Å². The van der Waals surface area contributed by atoms with Gasteiger partial charge in [-0.05, 0) is 38.8 Å². The van der Waals surface area contributed by atoms with Gasteiger partial charge in [0.05, 0.1) is 12.0 Å². The molecule has 1 heterocycles. The minimum absolute atomic E-state index is 0.0111. The summed E-state index contributed by atoms with van der Waals surface area (Å²) in [6, 6.07) is 13.0. The van der Waals surface area contributed by atoms with Gasteiger partial charge in [0.2, 0.25) is 0 Å². The molecule has 1 atom stereocenters. The highest BCUT2D eigenvalue weighted by Crippen LogP contribution is 2.33. The monoisotopic (exact) mass is 228 g/mol. The second-order valence-corrected chi connectivity index (χ2v) is 5.38. The molecule has 0 aliphatic carbocycles. The molecule has 2 nitrogen and oxygen atoms in total. The molecule has 1 aromatic rings. The molecule has 0 spiro atoms. The van der Waals surface area contributed by atoms with E-state index >= 15 is 0 Å². The second kappa shape index (κ2) is 4.89. The normalized spacial score (nSPS) is 24.2. The highest BCUT2D eigenvalue weighted by atomic mass is 15.2. The molecular formula is C15H20N2. The van der Waals surface area contributed by atoms with Crippen molar-refractivity contribution >= 4 is 0 Å². The Bertz CT molecular complexity index is 403. The van der Waals surface area contributed by atoms with Gasteiger partial charge in [0, 0.05) is 12.1 Å². The predicted octanol–water partition coefficient (Wildman–Crippen LogP) is 3.20. The van der Waals surface area contributed by atoms with E-state index in [0.717, 1.165) is 25.9 Å². The standard InChI is InChI=1S/C15H20N2/c1-15(2)14(11-16)9-6-10-17(15)12-13-7-4-3-5-8-13/h3-5,7-8,14H,6,9-10,12H2,1-2H3. The summed E-state index contributed by atoms with van der Waals surface area (Å²) < 4.78 is 0. The van der Waals surface area contributed by atoms with Gasteiger partial charge in [0.15, 0.2) is 0 Å². The van der Waals surface area contributed by atoms with E-state index in [9.17, 15) is 5.26 Å². The van der Waals surface area contributed by atoms with Gasteiger partial charge in [0.25, 0.3) is 0 Å². The zero-order chi connectivity index (χ0) is 12.3. The first-order valence-corrected chi connectivity index (χ1v) is 6.33. The maximum atomic E-state index is 9.23. The van der Waals surface area contributed by atoms with Crippen molar-refractivity contribution in [3.8, 4) is 6.07 Å². The molecule has 1 aliphatic rings. The lowest BCUT2D eigenvalue weighted by atomic mass is 9.80. The Morgan fingerprint density at radius 2 is 2.06 bits per heavy atom. The fourth-order valence-corrected chi connectivity index (χ4v) is 2.66. The van der Waals surface area contributed by atoms with Gasteiger partial charge in [-0.25, -0.2) is 0 Å². The molecule has 0 N–H and O–H groups in total. The average Bonchev–Trinajstić information content (AvgIpc) is 2.33. The molecular weight excluding hydrogens is 208 g/mol. The maximum Gasteiger partial charge on any atom is 0.0675 e. The smallest absolute Gasteiger partial charge is 0.0675 e. The van der Waals surface area contributed by atoms with Crippen molar-refractivity contribution in [3.05, 3.63) is 35.9 Å². The van der Waals surface area contributed by atoms with Crippen molar-refractivity contribution in [2.24, 2.45) is 5.92 Å². The van der Waals surface area contributed by atoms with Crippen molar-refractivity contribution in [2.45, 2.75) is 38.8 Å². The van der Waals surface area contributed by atoms with Crippen LogP contribution in [-0.2, 0) is 6.54 Å². The van der Waals surface area contributed by atoms with E-state index < -0.39 is 0 Å². The molecule has 0 saturated carbocycles. The van der Waals surface area contributed by atoms with Gasteiger partial charge >= 0.3 is 0 Å². The molecule has 1 fully saturated rings. The van der Waals surface area contributed by atoms with Crippen LogP contribution in [0.2, 0.25) is 0 Å². The van der Waals surface area contributed by atoms with Crippen LogP contribution in [0.25, 0.3) is 0 Å². The molecule has 0 amide bonds. The summed E-state index contributed by atoms with van der Waals surface area (Å²) in [6.07, 6.45) is 2.17. The average molecular weight is 228 g/mol. The Labute approximate surface area is 104 Å². The predicted molar refractivity (Wildman–Crippen MR) is 69.3 cm³/mol. The minimum Gasteiger partial charge on any atom is -0.293 e. The van der Waals surface area contributed by atoms with Gasteiger partial charge in [-0.15, -0.1) is 0 Å². The Morgan fingerprint density at radius 1 is 1.35 bits per heavy atom. The summed E-state index contributed by atoms with van der Waals surface area (Å²) in [7, 11) is 0. The van der Waals surface area contributed by atoms with Crippen LogP contribution >= 0.6 is 0 Å². The second-order valence-electron chi connectivity index (χ2n) is 5.38. The molecule has 1 aliphatic heterocycles. The zero-order valence-electron chi connectivity index (χ0n) is 10.7. The first-order valence-electron chi connectivity index (χ1n) is 6.33. The Balaban J connectivity index is 2.13. The minimum atomic E-state index is -0.0111. The van der Waals surface area contributed by atoms with E-state index in [2.05, 4.69) is 49.1 Å². The fraction of sp³-hybridized carbons (Fsp3) is 0.533. The van der Waals surface area contributed by atoms with Gasteiger partial charge in [-0.2, -0.15) is 5.26 Å². The number of hydrogen-bond acceptors (Lipinski definition) is 2. The number of benzene rings is 1. The van der Waals surface area contributed by atoms with E-state index in [1.165, 1.54) is 5.56 Å². The van der Waals surface area contributed by atoms with Crippen LogP contribution in [0, 0.1) is 17.2 Å². The summed E-state index contributed by atoms with van der Waals surface area (Å²) in [5.41, 5.74) is 1.32.